The Balaban J connectivity index is 2.40. The van der Waals surface area contributed by atoms with Crippen molar-refractivity contribution in [2.75, 3.05) is 13.2 Å². The summed E-state index contributed by atoms with van der Waals surface area (Å²) in [6, 6.07) is 3.64. The molecule has 2 rings (SSSR count). The van der Waals surface area contributed by atoms with Gasteiger partial charge in [0.05, 0.1) is 24.1 Å². The minimum absolute atomic E-state index is 0.00556. The second-order valence-corrected chi connectivity index (χ2v) is 7.67. The largest absolute Gasteiger partial charge is 0.462 e. The molecule has 0 saturated carbocycles. The van der Waals surface area contributed by atoms with Gasteiger partial charge in [0.2, 0.25) is 5.43 Å². The molecule has 0 spiro atoms. The summed E-state index contributed by atoms with van der Waals surface area (Å²) in [5, 5.41) is 3.01. The fraction of sp³-hybridized carbons (Fsp3) is 0.435. The van der Waals surface area contributed by atoms with E-state index in [2.05, 4.69) is 17.2 Å². The molecule has 0 saturated heterocycles. The third kappa shape index (κ3) is 5.41. The van der Waals surface area contributed by atoms with Crippen LogP contribution in [0.2, 0.25) is 0 Å². The highest BCUT2D eigenvalue weighted by molar-refractivity contribution is 5.95. The van der Waals surface area contributed by atoms with E-state index >= 15 is 0 Å². The van der Waals surface area contributed by atoms with Gasteiger partial charge in [0.25, 0.3) is 0 Å². The van der Waals surface area contributed by atoms with Crippen LogP contribution < -0.4 is 10.7 Å². The third-order valence-electron chi connectivity index (χ3n) is 4.29. The lowest BCUT2D eigenvalue weighted by Gasteiger charge is -2.19. The first-order valence-corrected chi connectivity index (χ1v) is 9.88. The maximum absolute atomic E-state index is 13.0. The van der Waals surface area contributed by atoms with Gasteiger partial charge in [-0.3, -0.25) is 4.79 Å². The van der Waals surface area contributed by atoms with Crippen molar-refractivity contribution in [3.8, 4) is 11.8 Å². The normalized spacial score (nSPS) is 10.9. The number of benzene rings is 1. The number of nitrogens with zero attached hydrogens (tertiary/aromatic N) is 1. The molecule has 1 N–H and O–H groups in total. The van der Waals surface area contributed by atoms with Crippen LogP contribution in [0.15, 0.2) is 23.1 Å². The summed E-state index contributed by atoms with van der Waals surface area (Å²) < 4.78 is 12.0. The van der Waals surface area contributed by atoms with E-state index in [1.807, 2.05) is 23.6 Å². The highest BCUT2D eigenvalue weighted by atomic mass is 16.6. The molecule has 7 nitrogen and oxygen atoms in total. The smallest absolute Gasteiger partial charge is 0.408 e. The zero-order valence-electron chi connectivity index (χ0n) is 18.3. The van der Waals surface area contributed by atoms with Crippen LogP contribution in [0.1, 0.15) is 56.1 Å². The molecule has 0 atom stereocenters. The van der Waals surface area contributed by atoms with Gasteiger partial charge in [-0.15, -0.1) is 0 Å². The van der Waals surface area contributed by atoms with Gasteiger partial charge in [0.15, 0.2) is 0 Å². The van der Waals surface area contributed by atoms with E-state index in [9.17, 15) is 14.4 Å². The molecule has 1 amide bonds. The molecule has 1 heterocycles. The number of hydrogen-bond donors (Lipinski definition) is 1. The van der Waals surface area contributed by atoms with Crippen LogP contribution in [0.4, 0.5) is 4.79 Å². The number of fused-ring (bicyclic) bond motifs is 1. The number of amides is 1. The van der Waals surface area contributed by atoms with Crippen LogP contribution in [0.3, 0.4) is 0 Å². The number of hydrogen-bond acceptors (Lipinski definition) is 5. The van der Waals surface area contributed by atoms with Crippen molar-refractivity contribution in [3.63, 3.8) is 0 Å². The number of pyridine rings is 1. The van der Waals surface area contributed by atoms with E-state index in [1.165, 1.54) is 6.20 Å². The lowest BCUT2D eigenvalue weighted by molar-refractivity contribution is 0.0517. The summed E-state index contributed by atoms with van der Waals surface area (Å²) in [6.07, 6.45) is 0.995. The first-order valence-electron chi connectivity index (χ1n) is 9.88. The molecule has 0 fully saturated rings. The van der Waals surface area contributed by atoms with E-state index in [0.29, 0.717) is 23.1 Å². The zero-order valence-corrected chi connectivity index (χ0v) is 18.3. The molecular weight excluding hydrogens is 384 g/mol. The Bertz CT molecular complexity index is 1080. The SMILES string of the molecule is CCOC(=O)c1cn(CC)c2ccc(C#CCNC(=O)OC(C)(C)C)c(C)c2c1=O. The lowest BCUT2D eigenvalue weighted by Crippen LogP contribution is -2.32. The number of carbonyl (C=O) groups excluding carboxylic acids is 2. The number of ether oxygens (including phenoxy) is 2. The number of nitrogens with one attached hydrogen (secondary N) is 1. The van der Waals surface area contributed by atoms with Gasteiger partial charge in [0, 0.05) is 18.3 Å². The number of aromatic nitrogens is 1. The van der Waals surface area contributed by atoms with E-state index < -0.39 is 17.7 Å². The molecule has 30 heavy (non-hydrogen) atoms. The van der Waals surface area contributed by atoms with Gasteiger partial charge >= 0.3 is 12.1 Å². The predicted octanol–water partition coefficient (Wildman–Crippen LogP) is 3.38. The van der Waals surface area contributed by atoms with Crippen LogP contribution in [0.5, 0.6) is 0 Å². The monoisotopic (exact) mass is 412 g/mol. The Labute approximate surface area is 176 Å². The molecule has 0 unspecified atom stereocenters. The molecule has 2 aromatic rings. The quantitative estimate of drug-likeness (QED) is 0.615. The van der Waals surface area contributed by atoms with Crippen molar-refractivity contribution in [1.82, 2.24) is 9.88 Å². The molecule has 0 aliphatic rings. The number of esters is 1. The molecule has 0 aliphatic heterocycles. The number of alkyl carbamates (subject to hydrolysis) is 1. The molecule has 1 aromatic heterocycles. The molecule has 160 valence electrons. The van der Waals surface area contributed by atoms with Gasteiger partial charge in [-0.05, 0) is 59.2 Å². The van der Waals surface area contributed by atoms with Gasteiger partial charge < -0.3 is 19.4 Å². The predicted molar refractivity (Wildman–Crippen MR) is 116 cm³/mol. The molecule has 0 aliphatic carbocycles. The Kier molecular flexibility index (Phi) is 7.28. The Morgan fingerprint density at radius 1 is 1.20 bits per heavy atom. The Morgan fingerprint density at radius 3 is 2.50 bits per heavy atom. The van der Waals surface area contributed by atoms with Crippen molar-refractivity contribution < 1.29 is 19.1 Å². The number of carbonyl (C=O) groups is 2. The van der Waals surface area contributed by atoms with E-state index in [1.54, 1.807) is 34.6 Å². The summed E-state index contributed by atoms with van der Waals surface area (Å²) in [5.41, 5.74) is 1.10. The van der Waals surface area contributed by atoms with Crippen molar-refractivity contribution >= 4 is 23.0 Å². The first-order chi connectivity index (χ1) is 14.1. The van der Waals surface area contributed by atoms with Crippen LogP contribution in [0.25, 0.3) is 10.9 Å². The van der Waals surface area contributed by atoms with Crippen molar-refractivity contribution in [1.29, 1.82) is 0 Å². The fourth-order valence-corrected chi connectivity index (χ4v) is 2.96. The van der Waals surface area contributed by atoms with Crippen LogP contribution in [-0.4, -0.2) is 35.4 Å². The van der Waals surface area contributed by atoms with E-state index in [0.717, 1.165) is 5.52 Å². The van der Waals surface area contributed by atoms with Crippen molar-refractivity contribution in [2.45, 2.75) is 53.7 Å². The average molecular weight is 412 g/mol. The molecule has 7 heteroatoms. The minimum Gasteiger partial charge on any atom is -0.462 e. The standard InChI is InChI=1S/C23H28N2O5/c1-7-25-14-17(21(27)29-8-2)20(26)19-15(3)16(11-12-18(19)25)10-9-13-24-22(28)30-23(4,5)6/h11-12,14H,7-8,13H2,1-6H3,(H,24,28). The summed E-state index contributed by atoms with van der Waals surface area (Å²) in [5.74, 6) is 5.21. The summed E-state index contributed by atoms with van der Waals surface area (Å²) in [4.78, 5) is 36.9. The maximum atomic E-state index is 13.0. The number of rotatable bonds is 4. The maximum Gasteiger partial charge on any atom is 0.408 e. The first kappa shape index (κ1) is 23.0. The van der Waals surface area contributed by atoms with Crippen molar-refractivity contribution in [2.24, 2.45) is 0 Å². The highest BCUT2D eigenvalue weighted by Crippen LogP contribution is 2.20. The Morgan fingerprint density at radius 2 is 1.90 bits per heavy atom. The van der Waals surface area contributed by atoms with Crippen molar-refractivity contribution in [3.05, 3.63) is 45.2 Å². The summed E-state index contributed by atoms with van der Waals surface area (Å²) >= 11 is 0. The van der Waals surface area contributed by atoms with E-state index in [-0.39, 0.29) is 24.1 Å². The summed E-state index contributed by atoms with van der Waals surface area (Å²) in [6.45, 7) is 11.7. The van der Waals surface area contributed by atoms with Crippen LogP contribution >= 0.6 is 0 Å². The highest BCUT2D eigenvalue weighted by Gasteiger charge is 2.18. The lowest BCUT2D eigenvalue weighted by atomic mass is 10.0. The van der Waals surface area contributed by atoms with Gasteiger partial charge in [-0.1, -0.05) is 11.8 Å². The minimum atomic E-state index is -0.635. The molecule has 0 radical (unpaired) electrons. The molecular formula is C23H28N2O5. The van der Waals surface area contributed by atoms with Gasteiger partial charge in [-0.25, -0.2) is 9.59 Å². The second kappa shape index (κ2) is 9.49. The average Bonchev–Trinajstić information content (AvgIpc) is 2.65. The van der Waals surface area contributed by atoms with Gasteiger partial charge in [0.1, 0.15) is 11.2 Å². The topological polar surface area (TPSA) is 86.6 Å². The second-order valence-electron chi connectivity index (χ2n) is 7.67. The molecule has 1 aromatic carbocycles. The fourth-order valence-electron chi connectivity index (χ4n) is 2.96. The van der Waals surface area contributed by atoms with E-state index in [4.69, 9.17) is 9.47 Å². The van der Waals surface area contributed by atoms with Crippen LogP contribution in [0, 0.1) is 18.8 Å². The number of aryl methyl sites for hydroxylation is 2. The van der Waals surface area contributed by atoms with Gasteiger partial charge in [-0.2, -0.15) is 0 Å². The third-order valence-corrected chi connectivity index (χ3v) is 4.29. The Hall–Kier alpha value is -3.27. The summed E-state index contributed by atoms with van der Waals surface area (Å²) in [7, 11) is 0. The van der Waals surface area contributed by atoms with Crippen LogP contribution in [-0.2, 0) is 16.0 Å². The zero-order chi connectivity index (χ0) is 22.5. The molecule has 0 bridgehead atoms.